The van der Waals surface area contributed by atoms with Crippen molar-refractivity contribution in [3.05, 3.63) is 29.8 Å². The Balaban J connectivity index is 1.77. The molecule has 0 aliphatic carbocycles. The molecule has 1 aliphatic heterocycles. The third-order valence-corrected chi connectivity index (χ3v) is 6.90. The molecule has 7 nitrogen and oxygen atoms in total. The number of nitrogens with one attached hydrogen (secondary N) is 1. The van der Waals surface area contributed by atoms with Gasteiger partial charge in [0.2, 0.25) is 5.91 Å². The van der Waals surface area contributed by atoms with Gasteiger partial charge in [-0.15, -0.1) is 0 Å². The summed E-state index contributed by atoms with van der Waals surface area (Å²) < 4.78 is 26.7. The van der Waals surface area contributed by atoms with E-state index in [0.717, 1.165) is 52.0 Å². The van der Waals surface area contributed by atoms with Crippen LogP contribution in [0.4, 0.5) is 0 Å². The maximum Gasteiger partial charge on any atom is 0.263 e. The van der Waals surface area contributed by atoms with Crippen molar-refractivity contribution >= 4 is 21.8 Å². The monoisotopic (exact) mass is 450 g/mol. The van der Waals surface area contributed by atoms with E-state index < -0.39 is 10.0 Å². The summed E-state index contributed by atoms with van der Waals surface area (Å²) in [5.41, 5.74) is 0.634. The van der Waals surface area contributed by atoms with E-state index in [1.165, 1.54) is 0 Å². The molecule has 0 radical (unpaired) electrons. The number of hydrogen-bond donors (Lipinski definition) is 1. The van der Waals surface area contributed by atoms with Crippen LogP contribution in [0.3, 0.4) is 0 Å². The molecule has 0 fully saturated rings. The third-order valence-electron chi connectivity index (χ3n) is 5.50. The maximum absolute atomic E-state index is 12.7. The van der Waals surface area contributed by atoms with Crippen LogP contribution in [0.15, 0.2) is 34.2 Å². The van der Waals surface area contributed by atoms with Crippen molar-refractivity contribution < 1.29 is 13.2 Å². The van der Waals surface area contributed by atoms with Gasteiger partial charge in [0, 0.05) is 38.2 Å². The summed E-state index contributed by atoms with van der Waals surface area (Å²) in [6.45, 7) is 13.6. The molecule has 2 rings (SSSR count). The number of sulfonamides is 1. The second-order valence-corrected chi connectivity index (χ2v) is 10.1. The number of nitrogens with zero attached hydrogens (tertiary/aromatic N) is 3. The lowest BCUT2D eigenvalue weighted by atomic mass is 10.1. The SMILES string of the molecule is CCN(CC)CCN(CC(C)C)C(=O)CCCCCN=C1NS(=O)(=O)c2ccccc21. The predicted molar refractivity (Wildman–Crippen MR) is 126 cm³/mol. The van der Waals surface area contributed by atoms with Crippen LogP contribution in [0.5, 0.6) is 0 Å². The largest absolute Gasteiger partial charge is 0.341 e. The second kappa shape index (κ2) is 12.2. The van der Waals surface area contributed by atoms with Crippen molar-refractivity contribution in [3.63, 3.8) is 0 Å². The molecule has 0 atom stereocenters. The van der Waals surface area contributed by atoms with Gasteiger partial charge in [-0.1, -0.05) is 46.2 Å². The minimum Gasteiger partial charge on any atom is -0.341 e. The van der Waals surface area contributed by atoms with E-state index in [0.29, 0.717) is 30.3 Å². The molecule has 0 unspecified atom stereocenters. The maximum atomic E-state index is 12.7. The van der Waals surface area contributed by atoms with Crippen molar-refractivity contribution in [1.82, 2.24) is 14.5 Å². The van der Waals surface area contributed by atoms with Crippen LogP contribution in [0, 0.1) is 5.92 Å². The first kappa shape index (κ1) is 25.3. The molecule has 0 bridgehead atoms. The van der Waals surface area contributed by atoms with Crippen molar-refractivity contribution in [2.45, 2.75) is 58.3 Å². The number of benzene rings is 1. The second-order valence-electron chi connectivity index (χ2n) is 8.40. The van der Waals surface area contributed by atoms with Crippen molar-refractivity contribution in [2.24, 2.45) is 10.9 Å². The highest BCUT2D eigenvalue weighted by Gasteiger charge is 2.29. The third kappa shape index (κ3) is 7.61. The van der Waals surface area contributed by atoms with Gasteiger partial charge in [0.25, 0.3) is 10.0 Å². The number of amides is 1. The lowest BCUT2D eigenvalue weighted by Crippen LogP contribution is -2.40. The van der Waals surface area contributed by atoms with Gasteiger partial charge in [-0.25, -0.2) is 8.42 Å². The van der Waals surface area contributed by atoms with Gasteiger partial charge in [-0.05, 0) is 44.0 Å². The van der Waals surface area contributed by atoms with E-state index in [9.17, 15) is 13.2 Å². The molecule has 174 valence electrons. The van der Waals surface area contributed by atoms with Crippen LogP contribution < -0.4 is 4.72 Å². The number of aliphatic imine (C=N–C) groups is 1. The van der Waals surface area contributed by atoms with Gasteiger partial charge >= 0.3 is 0 Å². The van der Waals surface area contributed by atoms with Gasteiger partial charge in [-0.3, -0.25) is 14.5 Å². The quantitative estimate of drug-likeness (QED) is 0.468. The van der Waals surface area contributed by atoms with E-state index >= 15 is 0 Å². The zero-order valence-corrected chi connectivity index (χ0v) is 20.2. The van der Waals surface area contributed by atoms with Gasteiger partial charge in [0.15, 0.2) is 0 Å². The lowest BCUT2D eigenvalue weighted by molar-refractivity contribution is -0.132. The summed E-state index contributed by atoms with van der Waals surface area (Å²) in [5, 5.41) is 0. The van der Waals surface area contributed by atoms with Crippen molar-refractivity contribution in [2.75, 3.05) is 39.3 Å². The van der Waals surface area contributed by atoms with E-state index in [-0.39, 0.29) is 10.8 Å². The molecule has 31 heavy (non-hydrogen) atoms. The Morgan fingerprint density at radius 2 is 1.77 bits per heavy atom. The van der Waals surface area contributed by atoms with Crippen LogP contribution in [0.25, 0.3) is 0 Å². The van der Waals surface area contributed by atoms with E-state index in [4.69, 9.17) is 0 Å². The fourth-order valence-electron chi connectivity index (χ4n) is 3.73. The predicted octanol–water partition coefficient (Wildman–Crippen LogP) is 3.11. The Morgan fingerprint density at radius 3 is 2.45 bits per heavy atom. The number of fused-ring (bicyclic) bond motifs is 1. The first-order chi connectivity index (χ1) is 14.8. The minimum absolute atomic E-state index is 0.227. The summed E-state index contributed by atoms with van der Waals surface area (Å²) in [6.07, 6.45) is 3.09. The van der Waals surface area contributed by atoms with E-state index in [1.54, 1.807) is 18.2 Å². The number of hydrogen-bond acceptors (Lipinski definition) is 5. The molecular weight excluding hydrogens is 412 g/mol. The van der Waals surface area contributed by atoms with Gasteiger partial charge in [0.1, 0.15) is 5.84 Å². The highest BCUT2D eigenvalue weighted by Crippen LogP contribution is 2.22. The van der Waals surface area contributed by atoms with Crippen LogP contribution in [0.2, 0.25) is 0 Å². The summed E-state index contributed by atoms with van der Waals surface area (Å²) >= 11 is 0. The average molecular weight is 451 g/mol. The van der Waals surface area contributed by atoms with Gasteiger partial charge in [-0.2, -0.15) is 0 Å². The Kier molecular flexibility index (Phi) is 9.96. The number of rotatable bonds is 13. The van der Waals surface area contributed by atoms with Gasteiger partial charge < -0.3 is 9.80 Å². The Labute approximate surface area is 188 Å². The highest BCUT2D eigenvalue weighted by molar-refractivity contribution is 7.90. The van der Waals surface area contributed by atoms with Crippen molar-refractivity contribution in [3.8, 4) is 0 Å². The summed E-state index contributed by atoms with van der Waals surface area (Å²) in [5.74, 6) is 1.10. The Bertz CT molecular complexity index is 848. The minimum atomic E-state index is -3.48. The number of unbranched alkanes of at least 4 members (excludes halogenated alkanes) is 2. The number of amidine groups is 1. The molecule has 0 aromatic heterocycles. The highest BCUT2D eigenvalue weighted by atomic mass is 32.2. The zero-order valence-electron chi connectivity index (χ0n) is 19.4. The summed E-state index contributed by atoms with van der Waals surface area (Å²) in [7, 11) is -3.48. The van der Waals surface area contributed by atoms with Crippen LogP contribution in [-0.4, -0.2) is 69.2 Å². The molecule has 1 aliphatic rings. The molecule has 1 aromatic carbocycles. The molecule has 0 spiro atoms. The smallest absolute Gasteiger partial charge is 0.263 e. The molecule has 1 aromatic rings. The lowest BCUT2D eigenvalue weighted by Gasteiger charge is -2.28. The Morgan fingerprint density at radius 1 is 1.06 bits per heavy atom. The van der Waals surface area contributed by atoms with Gasteiger partial charge in [0.05, 0.1) is 4.90 Å². The Hall–Kier alpha value is -1.93. The van der Waals surface area contributed by atoms with Crippen LogP contribution in [0.1, 0.15) is 58.9 Å². The molecule has 1 N–H and O–H groups in total. The van der Waals surface area contributed by atoms with Crippen molar-refractivity contribution in [1.29, 1.82) is 0 Å². The first-order valence-electron chi connectivity index (χ1n) is 11.4. The molecule has 0 saturated heterocycles. The average Bonchev–Trinajstić information content (AvgIpc) is 3.00. The fourth-order valence-corrected chi connectivity index (χ4v) is 4.98. The molecule has 1 amide bonds. The molecular formula is C23H38N4O3S. The summed E-state index contributed by atoms with van der Waals surface area (Å²) in [6, 6.07) is 6.88. The number of carbonyl (C=O) groups is 1. The van der Waals surface area contributed by atoms with E-state index in [1.807, 2.05) is 11.0 Å². The van der Waals surface area contributed by atoms with E-state index in [2.05, 4.69) is 42.3 Å². The summed E-state index contributed by atoms with van der Waals surface area (Å²) in [4.78, 5) is 21.8. The molecule has 0 saturated carbocycles. The first-order valence-corrected chi connectivity index (χ1v) is 12.9. The molecule has 1 heterocycles. The van der Waals surface area contributed by atoms with Crippen LogP contribution in [-0.2, 0) is 14.8 Å². The number of likely N-dealkylation sites (N-methyl/N-ethyl adjacent to an activating group) is 1. The molecule has 8 heteroatoms. The zero-order chi connectivity index (χ0) is 22.9. The fraction of sp³-hybridized carbons (Fsp3) is 0.652. The standard InChI is InChI=1S/C23H38N4O3S/c1-5-26(6-2)16-17-27(18-19(3)4)22(28)14-8-7-11-15-24-23-20-12-9-10-13-21(20)31(29,30)25-23/h9-10,12-13,19H,5-8,11,14-18H2,1-4H3,(H,24,25). The topological polar surface area (TPSA) is 82.1 Å². The van der Waals surface area contributed by atoms with Crippen LogP contribution >= 0.6 is 0 Å². The number of carbonyl (C=O) groups excluding carboxylic acids is 1. The normalized spacial score (nSPS) is 16.0.